The summed E-state index contributed by atoms with van der Waals surface area (Å²) in [5.74, 6) is 1.54. The third-order valence-electron chi connectivity index (χ3n) is 3.11. The quantitative estimate of drug-likeness (QED) is 0.800. The lowest BCUT2D eigenvalue weighted by molar-refractivity contribution is -0.116. The first-order chi connectivity index (χ1) is 11.1. The summed E-state index contributed by atoms with van der Waals surface area (Å²) in [5, 5.41) is 14.4. The van der Waals surface area contributed by atoms with Crippen molar-refractivity contribution in [3.63, 3.8) is 0 Å². The van der Waals surface area contributed by atoms with E-state index >= 15 is 0 Å². The van der Waals surface area contributed by atoms with Crippen LogP contribution in [0.3, 0.4) is 0 Å². The van der Waals surface area contributed by atoms with Gasteiger partial charge in [0, 0.05) is 11.4 Å². The smallest absolute Gasteiger partial charge is 0.225 e. The van der Waals surface area contributed by atoms with Crippen LogP contribution in [-0.4, -0.2) is 23.2 Å². The molecule has 1 aromatic carbocycles. The Morgan fingerprint density at radius 1 is 1.22 bits per heavy atom. The molecule has 1 aromatic heterocycles. The van der Waals surface area contributed by atoms with Gasteiger partial charge in [-0.15, -0.1) is 10.2 Å². The summed E-state index contributed by atoms with van der Waals surface area (Å²) < 4.78 is 5.26. The second kappa shape index (κ2) is 8.33. The van der Waals surface area contributed by atoms with E-state index in [4.69, 9.17) is 16.3 Å². The van der Waals surface area contributed by atoms with Gasteiger partial charge in [-0.3, -0.25) is 4.79 Å². The first kappa shape index (κ1) is 17.0. The number of rotatable bonds is 7. The molecule has 0 saturated heterocycles. The van der Waals surface area contributed by atoms with Gasteiger partial charge in [0.05, 0.1) is 12.8 Å². The molecule has 6 nitrogen and oxygen atoms in total. The molecular formula is C16H19ClN4O2. The maximum absolute atomic E-state index is 11.6. The fourth-order valence-corrected chi connectivity index (χ4v) is 2.10. The molecule has 122 valence electrons. The molecule has 0 aliphatic carbocycles. The van der Waals surface area contributed by atoms with E-state index in [0.29, 0.717) is 34.5 Å². The standard InChI is InChI=1S/C16H19ClN4O2/c1-3-4-5-16(22)19-15-9-8-14(20-21-15)18-12-10-11(17)6-7-13(12)23-2/h6-10H,3-5H2,1-2H3,(H,18,20)(H,19,21,22). The Morgan fingerprint density at radius 2 is 1.96 bits per heavy atom. The summed E-state index contributed by atoms with van der Waals surface area (Å²) in [5.41, 5.74) is 0.689. The number of carbonyl (C=O) groups is 1. The van der Waals surface area contributed by atoms with Crippen LogP contribution in [0.15, 0.2) is 30.3 Å². The number of nitrogens with one attached hydrogen (secondary N) is 2. The molecule has 0 fully saturated rings. The number of carbonyl (C=O) groups excluding carboxylic acids is 1. The Morgan fingerprint density at radius 3 is 2.61 bits per heavy atom. The molecule has 2 aromatic rings. The summed E-state index contributed by atoms with van der Waals surface area (Å²) in [6.07, 6.45) is 2.31. The van der Waals surface area contributed by atoms with Crippen LogP contribution in [0, 0.1) is 0 Å². The summed E-state index contributed by atoms with van der Waals surface area (Å²) in [4.78, 5) is 11.6. The van der Waals surface area contributed by atoms with Crippen molar-refractivity contribution in [2.45, 2.75) is 26.2 Å². The topological polar surface area (TPSA) is 76.1 Å². The van der Waals surface area contributed by atoms with Crippen molar-refractivity contribution in [3.8, 4) is 5.75 Å². The maximum Gasteiger partial charge on any atom is 0.225 e. The van der Waals surface area contributed by atoms with Crippen LogP contribution in [-0.2, 0) is 4.79 Å². The largest absolute Gasteiger partial charge is 0.495 e. The lowest BCUT2D eigenvalue weighted by Gasteiger charge is -2.11. The molecule has 23 heavy (non-hydrogen) atoms. The zero-order chi connectivity index (χ0) is 16.7. The number of halogens is 1. The van der Waals surface area contributed by atoms with Crippen LogP contribution in [0.25, 0.3) is 0 Å². The van der Waals surface area contributed by atoms with Gasteiger partial charge in [0.25, 0.3) is 0 Å². The van der Waals surface area contributed by atoms with Gasteiger partial charge in [0.2, 0.25) is 5.91 Å². The fraction of sp³-hybridized carbons (Fsp3) is 0.312. The van der Waals surface area contributed by atoms with Gasteiger partial charge < -0.3 is 15.4 Å². The fourth-order valence-electron chi connectivity index (χ4n) is 1.92. The van der Waals surface area contributed by atoms with Crippen LogP contribution in [0.4, 0.5) is 17.3 Å². The minimum absolute atomic E-state index is 0.0571. The van der Waals surface area contributed by atoms with Gasteiger partial charge >= 0.3 is 0 Å². The van der Waals surface area contributed by atoms with E-state index < -0.39 is 0 Å². The van der Waals surface area contributed by atoms with Gasteiger partial charge in [-0.1, -0.05) is 24.9 Å². The summed E-state index contributed by atoms with van der Waals surface area (Å²) in [6, 6.07) is 8.66. The highest BCUT2D eigenvalue weighted by Gasteiger charge is 2.07. The highest BCUT2D eigenvalue weighted by molar-refractivity contribution is 6.31. The monoisotopic (exact) mass is 334 g/mol. The number of methoxy groups -OCH3 is 1. The molecule has 0 saturated carbocycles. The minimum atomic E-state index is -0.0571. The minimum Gasteiger partial charge on any atom is -0.495 e. The van der Waals surface area contributed by atoms with Crippen molar-refractivity contribution in [1.29, 1.82) is 0 Å². The number of hydrogen-bond donors (Lipinski definition) is 2. The van der Waals surface area contributed by atoms with Crippen molar-refractivity contribution in [3.05, 3.63) is 35.4 Å². The average molecular weight is 335 g/mol. The van der Waals surface area contributed by atoms with Crippen LogP contribution < -0.4 is 15.4 Å². The number of amides is 1. The van der Waals surface area contributed by atoms with Crippen LogP contribution >= 0.6 is 11.6 Å². The van der Waals surface area contributed by atoms with Crippen molar-refractivity contribution in [2.75, 3.05) is 17.7 Å². The van der Waals surface area contributed by atoms with E-state index in [2.05, 4.69) is 20.8 Å². The molecule has 1 heterocycles. The van der Waals surface area contributed by atoms with Crippen LogP contribution in [0.5, 0.6) is 5.75 Å². The predicted octanol–water partition coefficient (Wildman–Crippen LogP) is 4.01. The predicted molar refractivity (Wildman–Crippen MR) is 91.5 cm³/mol. The molecule has 0 atom stereocenters. The van der Waals surface area contributed by atoms with E-state index in [0.717, 1.165) is 12.8 Å². The Bertz CT molecular complexity index is 662. The highest BCUT2D eigenvalue weighted by atomic mass is 35.5. The van der Waals surface area contributed by atoms with Crippen LogP contribution in [0.1, 0.15) is 26.2 Å². The molecule has 0 unspecified atom stereocenters. The van der Waals surface area contributed by atoms with Crippen molar-refractivity contribution >= 4 is 34.8 Å². The number of hydrogen-bond acceptors (Lipinski definition) is 5. The Labute approximate surface area is 140 Å². The Hall–Kier alpha value is -2.34. The van der Waals surface area contributed by atoms with Crippen molar-refractivity contribution in [1.82, 2.24) is 10.2 Å². The lowest BCUT2D eigenvalue weighted by Crippen LogP contribution is -2.12. The van der Waals surface area contributed by atoms with E-state index in [1.54, 1.807) is 37.4 Å². The third kappa shape index (κ3) is 5.10. The molecule has 2 N–H and O–H groups in total. The molecule has 7 heteroatoms. The Balaban J connectivity index is 2.03. The summed E-state index contributed by atoms with van der Waals surface area (Å²) in [6.45, 7) is 2.04. The molecule has 0 bridgehead atoms. The third-order valence-corrected chi connectivity index (χ3v) is 3.35. The Kier molecular flexibility index (Phi) is 6.17. The lowest BCUT2D eigenvalue weighted by atomic mass is 10.2. The number of anilines is 3. The van der Waals surface area contributed by atoms with Crippen molar-refractivity contribution in [2.24, 2.45) is 0 Å². The number of nitrogens with zero attached hydrogens (tertiary/aromatic N) is 2. The number of unbranched alkanes of at least 4 members (excludes halogenated alkanes) is 1. The number of aromatic nitrogens is 2. The summed E-state index contributed by atoms with van der Waals surface area (Å²) >= 11 is 5.99. The molecule has 2 rings (SSSR count). The van der Waals surface area contributed by atoms with Gasteiger partial charge in [0.15, 0.2) is 11.6 Å². The first-order valence-electron chi connectivity index (χ1n) is 7.36. The summed E-state index contributed by atoms with van der Waals surface area (Å²) in [7, 11) is 1.58. The second-order valence-electron chi connectivity index (χ2n) is 4.93. The zero-order valence-corrected chi connectivity index (χ0v) is 13.9. The van der Waals surface area contributed by atoms with Gasteiger partial charge in [0.1, 0.15) is 5.75 Å². The highest BCUT2D eigenvalue weighted by Crippen LogP contribution is 2.29. The molecule has 0 radical (unpaired) electrons. The first-order valence-corrected chi connectivity index (χ1v) is 7.74. The molecule has 1 amide bonds. The van der Waals surface area contributed by atoms with E-state index in [-0.39, 0.29) is 5.91 Å². The van der Waals surface area contributed by atoms with E-state index in [1.807, 2.05) is 6.92 Å². The zero-order valence-electron chi connectivity index (χ0n) is 13.1. The second-order valence-corrected chi connectivity index (χ2v) is 5.36. The SMILES string of the molecule is CCCCC(=O)Nc1ccc(Nc2cc(Cl)ccc2OC)nn1. The van der Waals surface area contributed by atoms with Crippen LogP contribution in [0.2, 0.25) is 5.02 Å². The van der Waals surface area contributed by atoms with Gasteiger partial charge in [-0.25, -0.2) is 0 Å². The molecule has 0 aliphatic heterocycles. The van der Waals surface area contributed by atoms with Gasteiger partial charge in [-0.2, -0.15) is 0 Å². The molecule has 0 spiro atoms. The van der Waals surface area contributed by atoms with E-state index in [1.165, 1.54) is 0 Å². The maximum atomic E-state index is 11.6. The average Bonchev–Trinajstić information content (AvgIpc) is 2.55. The number of benzene rings is 1. The molecular weight excluding hydrogens is 316 g/mol. The number of ether oxygens (including phenoxy) is 1. The van der Waals surface area contributed by atoms with Crippen molar-refractivity contribution < 1.29 is 9.53 Å². The van der Waals surface area contributed by atoms with Gasteiger partial charge in [-0.05, 0) is 36.8 Å². The van der Waals surface area contributed by atoms with E-state index in [9.17, 15) is 4.79 Å². The molecule has 0 aliphatic rings. The normalized spacial score (nSPS) is 10.2.